The Bertz CT molecular complexity index is 477. The molecule has 2 aromatic rings. The summed E-state index contributed by atoms with van der Waals surface area (Å²) in [5.41, 5.74) is 2.56. The summed E-state index contributed by atoms with van der Waals surface area (Å²) in [5.74, 6) is 0.469. The topological polar surface area (TPSA) is 9.23 Å². The molecule has 1 nitrogen and oxygen atoms in total. The molecule has 0 aliphatic carbocycles. The quantitative estimate of drug-likeness (QED) is 0.777. The van der Waals surface area contributed by atoms with Crippen LogP contribution in [0.25, 0.3) is 0 Å². The number of hydrogen-bond acceptors (Lipinski definition) is 1. The van der Waals surface area contributed by atoms with Gasteiger partial charge in [-0.05, 0) is 42.3 Å². The van der Waals surface area contributed by atoms with Crippen molar-refractivity contribution in [3.05, 3.63) is 65.5 Å². The summed E-state index contributed by atoms with van der Waals surface area (Å²) in [5, 5.41) is 0. The first-order valence-corrected chi connectivity index (χ1v) is 5.68. The third-order valence-electron chi connectivity index (χ3n) is 2.72. The van der Waals surface area contributed by atoms with Gasteiger partial charge in [-0.3, -0.25) is 0 Å². The summed E-state index contributed by atoms with van der Waals surface area (Å²) in [6.07, 6.45) is 0.865. The van der Waals surface area contributed by atoms with Crippen molar-refractivity contribution >= 4 is 0 Å². The summed E-state index contributed by atoms with van der Waals surface area (Å²) in [6.45, 7) is 2.70. The van der Waals surface area contributed by atoms with Crippen molar-refractivity contribution in [2.24, 2.45) is 0 Å². The molecule has 2 heteroatoms. The molecule has 0 fully saturated rings. The fourth-order valence-corrected chi connectivity index (χ4v) is 1.70. The maximum Gasteiger partial charge on any atom is 0.123 e. The highest BCUT2D eigenvalue weighted by Gasteiger charge is 1.98. The molecular weight excluding hydrogens is 215 g/mol. The third-order valence-corrected chi connectivity index (χ3v) is 2.72. The Kier molecular flexibility index (Phi) is 3.76. The van der Waals surface area contributed by atoms with E-state index in [1.54, 1.807) is 12.1 Å². The van der Waals surface area contributed by atoms with Crippen molar-refractivity contribution < 1.29 is 9.13 Å². The standard InChI is InChI=1S/C15H15FO/c1-12-4-2-3-5-13(12)10-11-17-15-8-6-14(16)7-9-15/h2-9H,10-11H2,1H3. The molecule has 0 bridgehead atoms. The lowest BCUT2D eigenvalue weighted by atomic mass is 10.1. The van der Waals surface area contributed by atoms with Crippen LogP contribution in [0, 0.1) is 12.7 Å². The summed E-state index contributed by atoms with van der Waals surface area (Å²) in [7, 11) is 0. The van der Waals surface area contributed by atoms with Gasteiger partial charge in [-0.15, -0.1) is 0 Å². The zero-order valence-electron chi connectivity index (χ0n) is 9.82. The summed E-state index contributed by atoms with van der Waals surface area (Å²) < 4.78 is 18.2. The Hall–Kier alpha value is -1.83. The molecular formula is C15H15FO. The monoisotopic (exact) mass is 230 g/mol. The molecule has 0 aliphatic rings. The minimum absolute atomic E-state index is 0.240. The fourth-order valence-electron chi connectivity index (χ4n) is 1.70. The molecule has 0 aromatic heterocycles. The van der Waals surface area contributed by atoms with Crippen molar-refractivity contribution in [2.75, 3.05) is 6.61 Å². The number of ether oxygens (including phenoxy) is 1. The van der Waals surface area contributed by atoms with E-state index in [0.717, 1.165) is 6.42 Å². The Labute approximate surface area is 101 Å². The molecule has 0 heterocycles. The van der Waals surface area contributed by atoms with E-state index >= 15 is 0 Å². The molecule has 17 heavy (non-hydrogen) atoms. The number of rotatable bonds is 4. The van der Waals surface area contributed by atoms with E-state index in [4.69, 9.17) is 4.74 Å². The second-order valence-electron chi connectivity index (χ2n) is 3.98. The smallest absolute Gasteiger partial charge is 0.123 e. The van der Waals surface area contributed by atoms with Crippen LogP contribution in [-0.2, 0) is 6.42 Å². The Balaban J connectivity index is 1.88. The van der Waals surface area contributed by atoms with Gasteiger partial charge in [-0.1, -0.05) is 24.3 Å². The van der Waals surface area contributed by atoms with E-state index in [0.29, 0.717) is 12.4 Å². The summed E-state index contributed by atoms with van der Waals surface area (Å²) in [6, 6.07) is 14.4. The van der Waals surface area contributed by atoms with Crippen LogP contribution in [0.15, 0.2) is 48.5 Å². The van der Waals surface area contributed by atoms with Crippen LogP contribution >= 0.6 is 0 Å². The van der Waals surface area contributed by atoms with Crippen molar-refractivity contribution in [3.8, 4) is 5.75 Å². The van der Waals surface area contributed by atoms with Gasteiger partial charge < -0.3 is 4.74 Å². The highest BCUT2D eigenvalue weighted by atomic mass is 19.1. The van der Waals surface area contributed by atoms with Crippen LogP contribution in [-0.4, -0.2) is 6.61 Å². The lowest BCUT2D eigenvalue weighted by Gasteiger charge is -2.07. The van der Waals surface area contributed by atoms with Gasteiger partial charge in [0.15, 0.2) is 0 Å². The van der Waals surface area contributed by atoms with Crippen molar-refractivity contribution in [1.82, 2.24) is 0 Å². The number of aryl methyl sites for hydroxylation is 1. The molecule has 0 aliphatic heterocycles. The van der Waals surface area contributed by atoms with Crippen LogP contribution in [0.3, 0.4) is 0 Å². The minimum Gasteiger partial charge on any atom is -0.493 e. The summed E-state index contributed by atoms with van der Waals surface area (Å²) in [4.78, 5) is 0. The van der Waals surface area contributed by atoms with E-state index in [2.05, 4.69) is 19.1 Å². The molecule has 0 saturated carbocycles. The molecule has 0 N–H and O–H groups in total. The van der Waals surface area contributed by atoms with E-state index in [1.165, 1.54) is 23.3 Å². The largest absolute Gasteiger partial charge is 0.493 e. The highest BCUT2D eigenvalue weighted by Crippen LogP contribution is 2.13. The van der Waals surface area contributed by atoms with Gasteiger partial charge in [0, 0.05) is 6.42 Å². The van der Waals surface area contributed by atoms with Gasteiger partial charge in [0.25, 0.3) is 0 Å². The highest BCUT2D eigenvalue weighted by molar-refractivity contribution is 5.26. The first-order valence-electron chi connectivity index (χ1n) is 5.68. The van der Waals surface area contributed by atoms with E-state index in [-0.39, 0.29) is 5.82 Å². The van der Waals surface area contributed by atoms with Gasteiger partial charge in [0.05, 0.1) is 6.61 Å². The zero-order valence-corrected chi connectivity index (χ0v) is 9.82. The van der Waals surface area contributed by atoms with Crippen LogP contribution in [0.5, 0.6) is 5.75 Å². The molecule has 0 spiro atoms. The average Bonchev–Trinajstić information content (AvgIpc) is 2.34. The molecule has 0 radical (unpaired) electrons. The SMILES string of the molecule is Cc1ccccc1CCOc1ccc(F)cc1. The van der Waals surface area contributed by atoms with E-state index in [9.17, 15) is 4.39 Å². The normalized spacial score (nSPS) is 10.2. The van der Waals surface area contributed by atoms with Gasteiger partial charge in [0.1, 0.15) is 11.6 Å². The Morgan fingerprint density at radius 3 is 2.41 bits per heavy atom. The van der Waals surface area contributed by atoms with Gasteiger partial charge >= 0.3 is 0 Å². The number of halogens is 1. The lowest BCUT2D eigenvalue weighted by Crippen LogP contribution is -2.02. The predicted octanol–water partition coefficient (Wildman–Crippen LogP) is 3.76. The molecule has 88 valence electrons. The van der Waals surface area contributed by atoms with Crippen molar-refractivity contribution in [2.45, 2.75) is 13.3 Å². The van der Waals surface area contributed by atoms with Crippen molar-refractivity contribution in [1.29, 1.82) is 0 Å². The second-order valence-corrected chi connectivity index (χ2v) is 3.98. The average molecular weight is 230 g/mol. The predicted molar refractivity (Wildman–Crippen MR) is 66.8 cm³/mol. The maximum atomic E-state index is 12.7. The maximum absolute atomic E-state index is 12.7. The molecule has 2 rings (SSSR count). The van der Waals surface area contributed by atoms with Gasteiger partial charge in [-0.25, -0.2) is 4.39 Å². The second kappa shape index (κ2) is 5.48. The van der Waals surface area contributed by atoms with Crippen LogP contribution in [0.1, 0.15) is 11.1 Å². The van der Waals surface area contributed by atoms with Gasteiger partial charge in [-0.2, -0.15) is 0 Å². The molecule has 0 amide bonds. The zero-order chi connectivity index (χ0) is 12.1. The van der Waals surface area contributed by atoms with Crippen LogP contribution in [0.4, 0.5) is 4.39 Å². The molecule has 2 aromatic carbocycles. The molecule has 0 atom stereocenters. The number of hydrogen-bond donors (Lipinski definition) is 0. The van der Waals surface area contributed by atoms with E-state index < -0.39 is 0 Å². The first-order chi connectivity index (χ1) is 8.25. The van der Waals surface area contributed by atoms with Gasteiger partial charge in [0.2, 0.25) is 0 Å². The minimum atomic E-state index is -0.240. The number of benzene rings is 2. The summed E-state index contributed by atoms with van der Waals surface area (Å²) >= 11 is 0. The molecule has 0 unspecified atom stereocenters. The van der Waals surface area contributed by atoms with Crippen LogP contribution < -0.4 is 4.74 Å². The third kappa shape index (κ3) is 3.31. The Morgan fingerprint density at radius 2 is 1.71 bits per heavy atom. The van der Waals surface area contributed by atoms with Crippen LogP contribution in [0.2, 0.25) is 0 Å². The lowest BCUT2D eigenvalue weighted by molar-refractivity contribution is 0.321. The fraction of sp³-hybridized carbons (Fsp3) is 0.200. The Morgan fingerprint density at radius 1 is 1.00 bits per heavy atom. The van der Waals surface area contributed by atoms with E-state index in [1.807, 2.05) is 12.1 Å². The molecule has 0 saturated heterocycles. The van der Waals surface area contributed by atoms with Crippen molar-refractivity contribution in [3.63, 3.8) is 0 Å². The first kappa shape index (κ1) is 11.6.